The van der Waals surface area contributed by atoms with E-state index < -0.39 is 26.9 Å². The van der Waals surface area contributed by atoms with Crippen molar-refractivity contribution < 1.29 is 50.5 Å². The normalized spacial score (nSPS) is 13.0. The number of nitrogens with one attached hydrogen (secondary N) is 1. The maximum atomic E-state index is 13.1. The Morgan fingerprint density at radius 1 is 1.00 bits per heavy atom. The van der Waals surface area contributed by atoms with E-state index in [9.17, 15) is 4.79 Å². The third kappa shape index (κ3) is 5.84. The number of unbranched alkanes of at least 4 members (excludes halogenated alkanes) is 1. The molecule has 2 aromatic rings. The number of hydrogen-bond donors (Lipinski definition) is 1. The zero-order valence-corrected chi connectivity index (χ0v) is 24.1. The predicted molar refractivity (Wildman–Crippen MR) is 114 cm³/mol. The monoisotopic (exact) mass is 616 g/mol. The average Bonchev–Trinajstić information content (AvgIpc) is 3.01. The number of carbonyl (C=O) groups is 1. The first-order valence-corrected chi connectivity index (χ1v) is 23.4. The van der Waals surface area contributed by atoms with E-state index in [0.29, 0.717) is 9.58 Å². The number of fused-ring (bicyclic) bond motifs is 3. The standard InChI is InChI=1S/C13H9.C8H17NO.C2H7Si.2ClH.Hf/c1-3-7-12-10(5-1)9-11-6-2-4-8-13(11)12;1-3-5-6-7(4-2)8(9)10;1-3-2;;;/h1-9H;7H,3-6H2,1-2H3,(H2,9,10);3H,1-2H3;2*1H;/q;;;;;+3/p-3. The van der Waals surface area contributed by atoms with E-state index in [1.807, 2.05) is 0 Å². The molecule has 0 spiro atoms. The Hall–Kier alpha value is -0.423. The smallest absolute Gasteiger partial charge is 1.00 e. The van der Waals surface area contributed by atoms with E-state index in [1.54, 1.807) is 0 Å². The molecule has 1 atom stereocenters. The summed E-state index contributed by atoms with van der Waals surface area (Å²) in [5.41, 5.74) is 5.73. The van der Waals surface area contributed by atoms with Crippen LogP contribution in [0.4, 0.5) is 0 Å². The summed E-state index contributed by atoms with van der Waals surface area (Å²) in [7, 11) is 0. The predicted octanol–water partition coefficient (Wildman–Crippen LogP) is -0.386. The van der Waals surface area contributed by atoms with Gasteiger partial charge in [-0.3, -0.25) is 0 Å². The van der Waals surface area contributed by atoms with E-state index in [2.05, 4.69) is 78.8 Å². The molecule has 0 bridgehead atoms. The summed E-state index contributed by atoms with van der Waals surface area (Å²) < 4.78 is 4.24. The van der Waals surface area contributed by atoms with E-state index in [4.69, 9.17) is 0 Å². The Balaban J connectivity index is 0.00000210. The van der Waals surface area contributed by atoms with Gasteiger partial charge in [0.15, 0.2) is 0 Å². The van der Waals surface area contributed by atoms with Gasteiger partial charge in [-0.15, -0.1) is 0 Å². The molecule has 1 unspecified atom stereocenters. The molecule has 6 heteroatoms. The number of rotatable bonds is 8. The first-order valence-electron chi connectivity index (χ1n) is 10.4. The minimum atomic E-state index is -2.37. The zero-order chi connectivity index (χ0) is 19.4. The van der Waals surface area contributed by atoms with Gasteiger partial charge >= 0.3 is 174 Å². The molecule has 0 aromatic heterocycles. The van der Waals surface area contributed by atoms with Crippen molar-refractivity contribution in [2.75, 3.05) is 0 Å². The molecule has 0 fully saturated rings. The van der Waals surface area contributed by atoms with Crippen molar-refractivity contribution in [2.45, 2.75) is 56.3 Å². The van der Waals surface area contributed by atoms with Gasteiger partial charge in [-0.05, 0) is 0 Å². The number of hydrogen-bond acceptors (Lipinski definition) is 1. The van der Waals surface area contributed by atoms with Crippen molar-refractivity contribution in [3.63, 3.8) is 0 Å². The zero-order valence-electron chi connectivity index (χ0n) is 17.8. The van der Waals surface area contributed by atoms with Crippen LogP contribution < -0.4 is 28.1 Å². The largest absolute Gasteiger partial charge is 1.00 e. The van der Waals surface area contributed by atoms with Crippen LogP contribution in [0.1, 0.15) is 54.3 Å². The first kappa shape index (κ1) is 26.6. The molecule has 3 rings (SSSR count). The quantitative estimate of drug-likeness (QED) is 0.403. The topological polar surface area (TPSA) is 29.1 Å². The first-order chi connectivity index (χ1) is 13.1. The molecule has 1 amide bonds. The van der Waals surface area contributed by atoms with Crippen molar-refractivity contribution in [3.8, 4) is 11.1 Å². The number of amides is 1. The average molecular weight is 616 g/mol. The van der Waals surface area contributed by atoms with Crippen LogP contribution in [0, 0.1) is 5.92 Å². The van der Waals surface area contributed by atoms with Gasteiger partial charge in [-0.25, -0.2) is 0 Å². The fourth-order valence-corrected chi connectivity index (χ4v) is 26.1. The minimum absolute atomic E-state index is 0. The van der Waals surface area contributed by atoms with Gasteiger partial charge in [0.25, 0.3) is 0 Å². The van der Waals surface area contributed by atoms with Crippen LogP contribution in [-0.4, -0.2) is 11.9 Å². The van der Waals surface area contributed by atoms with Crippen LogP contribution in [0.25, 0.3) is 11.1 Å². The summed E-state index contributed by atoms with van der Waals surface area (Å²) in [5.74, 6) is -0.355. The van der Waals surface area contributed by atoms with Crippen molar-refractivity contribution in [3.05, 3.63) is 59.7 Å². The Bertz CT molecular complexity index is 756. The number of carbonyl (C=O) groups excluding carboxylic acids is 1. The molecule has 1 aliphatic carbocycles. The van der Waals surface area contributed by atoms with E-state index in [-0.39, 0.29) is 30.7 Å². The molecule has 0 heterocycles. The molecule has 0 radical (unpaired) electrons. The van der Waals surface area contributed by atoms with E-state index in [0.717, 1.165) is 19.3 Å². The summed E-state index contributed by atoms with van der Waals surface area (Å²) in [6.45, 7) is 9.29. The molecule has 2 nitrogen and oxygen atoms in total. The second kappa shape index (κ2) is 12.4. The fraction of sp³-hybridized carbons (Fsp3) is 0.435. The third-order valence-corrected chi connectivity index (χ3v) is 30.8. The van der Waals surface area contributed by atoms with Gasteiger partial charge in [-0.1, -0.05) is 0 Å². The van der Waals surface area contributed by atoms with Gasteiger partial charge < -0.3 is 24.8 Å². The summed E-state index contributed by atoms with van der Waals surface area (Å²) in [6, 6.07) is 17.8. The molecule has 157 valence electrons. The SMILES string of the molecule is CCCCC(CC)C(=O)[NH][Hf+2]([CH]1c2ccccc2-c2ccccc21)[SiH](C)C.[Cl-].[Cl-]. The van der Waals surface area contributed by atoms with Gasteiger partial charge in [0.1, 0.15) is 0 Å². The summed E-state index contributed by atoms with van der Waals surface area (Å²) in [6.07, 6.45) is 4.32. The maximum absolute atomic E-state index is 13.1. The molecule has 0 saturated carbocycles. The van der Waals surface area contributed by atoms with Crippen LogP contribution in [0.2, 0.25) is 13.1 Å². The molecule has 0 saturated heterocycles. The molecule has 1 N–H and O–H groups in total. The molecule has 0 aliphatic heterocycles. The molecular formula is C23H32Cl2HfNOSi. The second-order valence-corrected chi connectivity index (χ2v) is 34.0. The van der Waals surface area contributed by atoms with Crippen LogP contribution in [0.15, 0.2) is 48.5 Å². The van der Waals surface area contributed by atoms with Gasteiger partial charge in [0.05, 0.1) is 0 Å². The summed E-state index contributed by atoms with van der Waals surface area (Å²) in [4.78, 5) is 13.1. The van der Waals surface area contributed by atoms with Crippen LogP contribution in [0.5, 0.6) is 0 Å². The van der Waals surface area contributed by atoms with Crippen molar-refractivity contribution in [1.29, 1.82) is 0 Å². The Morgan fingerprint density at radius 2 is 1.52 bits per heavy atom. The Kier molecular flexibility index (Phi) is 11.4. The van der Waals surface area contributed by atoms with Crippen molar-refractivity contribution in [1.82, 2.24) is 3.30 Å². The van der Waals surface area contributed by atoms with Gasteiger partial charge in [0, 0.05) is 0 Å². The molecular weight excluding hydrogens is 584 g/mol. The summed E-state index contributed by atoms with van der Waals surface area (Å²) >= 11 is -2.37. The Labute approximate surface area is 197 Å². The van der Waals surface area contributed by atoms with Crippen LogP contribution >= 0.6 is 0 Å². The Morgan fingerprint density at radius 3 is 1.97 bits per heavy atom. The van der Waals surface area contributed by atoms with Crippen molar-refractivity contribution in [2.24, 2.45) is 5.92 Å². The van der Waals surface area contributed by atoms with Crippen molar-refractivity contribution >= 4 is 11.9 Å². The second-order valence-electron chi connectivity index (χ2n) is 7.95. The maximum Gasteiger partial charge on any atom is -1.00 e. The third-order valence-electron chi connectivity index (χ3n) is 5.80. The van der Waals surface area contributed by atoms with Gasteiger partial charge in [-0.2, -0.15) is 0 Å². The summed E-state index contributed by atoms with van der Waals surface area (Å²) in [5, 5.41) is 0. The van der Waals surface area contributed by atoms with Crippen LogP contribution in [-0.2, 0) is 25.7 Å². The molecule has 1 aliphatic rings. The number of halogens is 2. The fourth-order valence-electron chi connectivity index (χ4n) is 4.26. The molecule has 2 aromatic carbocycles. The molecule has 29 heavy (non-hydrogen) atoms. The van der Waals surface area contributed by atoms with E-state index >= 15 is 0 Å². The minimum Gasteiger partial charge on any atom is -1.00 e. The van der Waals surface area contributed by atoms with Gasteiger partial charge in [0.2, 0.25) is 0 Å². The number of benzene rings is 2. The van der Waals surface area contributed by atoms with Crippen LogP contribution in [0.3, 0.4) is 0 Å². The van der Waals surface area contributed by atoms with E-state index in [1.165, 1.54) is 28.7 Å².